The maximum absolute atomic E-state index is 6.24. The number of hydrogen-bond acceptors (Lipinski definition) is 6. The van der Waals surface area contributed by atoms with Gasteiger partial charge in [-0.2, -0.15) is 0 Å². The Labute approximate surface area is 194 Å². The van der Waals surface area contributed by atoms with Crippen LogP contribution in [-0.2, 0) is 18.9 Å². The van der Waals surface area contributed by atoms with Crippen molar-refractivity contribution in [3.05, 3.63) is 88.7 Å². The lowest BCUT2D eigenvalue weighted by atomic mass is 10.2. The Morgan fingerprint density at radius 1 is 1.19 bits per heavy atom. The van der Waals surface area contributed by atoms with E-state index in [1.54, 1.807) is 23.1 Å². The minimum Gasteiger partial charge on any atom is -0.484 e. The van der Waals surface area contributed by atoms with Gasteiger partial charge in [-0.3, -0.25) is 4.57 Å². The Kier molecular flexibility index (Phi) is 7.06. The zero-order valence-electron chi connectivity index (χ0n) is 17.0. The molecule has 0 radical (unpaired) electrons. The molecule has 8 heteroatoms. The number of thioether (sulfide) groups is 1. The first kappa shape index (κ1) is 21.6. The zero-order chi connectivity index (χ0) is 21.6. The topological polar surface area (TPSA) is 52.8 Å². The normalized spacial score (nSPS) is 10.9. The van der Waals surface area contributed by atoms with Crippen molar-refractivity contribution in [1.29, 1.82) is 0 Å². The monoisotopic (exact) mass is 468 g/mol. The van der Waals surface area contributed by atoms with E-state index in [9.17, 15) is 0 Å². The minimum atomic E-state index is 0.277. The van der Waals surface area contributed by atoms with E-state index in [1.807, 2.05) is 54.0 Å². The van der Waals surface area contributed by atoms with Gasteiger partial charge in [0.15, 0.2) is 11.0 Å². The summed E-state index contributed by atoms with van der Waals surface area (Å²) in [5, 5.41) is 13.2. The zero-order valence-corrected chi connectivity index (χ0v) is 19.4. The SMILES string of the molecule is C=CCn1c(COc2cc(C)ccc2Cl)nnc1SCc1csc(-c2ccccc2)n1. The first-order chi connectivity index (χ1) is 15.1. The number of allylic oxidation sites excluding steroid dienone is 1. The third kappa shape index (κ3) is 5.36. The molecule has 0 saturated carbocycles. The van der Waals surface area contributed by atoms with Crippen molar-refractivity contribution >= 4 is 34.7 Å². The summed E-state index contributed by atoms with van der Waals surface area (Å²) in [7, 11) is 0. The number of rotatable bonds is 9. The second kappa shape index (κ2) is 10.1. The van der Waals surface area contributed by atoms with Crippen LogP contribution in [0.25, 0.3) is 10.6 Å². The molecule has 2 aromatic heterocycles. The van der Waals surface area contributed by atoms with Crippen LogP contribution in [0.1, 0.15) is 17.1 Å². The van der Waals surface area contributed by atoms with E-state index < -0.39 is 0 Å². The largest absolute Gasteiger partial charge is 0.484 e. The van der Waals surface area contributed by atoms with Gasteiger partial charge in [0.2, 0.25) is 0 Å². The maximum atomic E-state index is 6.24. The Morgan fingerprint density at radius 2 is 2.03 bits per heavy atom. The second-order valence-electron chi connectivity index (χ2n) is 6.82. The van der Waals surface area contributed by atoms with Crippen molar-refractivity contribution in [2.75, 3.05) is 0 Å². The molecule has 0 aliphatic carbocycles. The highest BCUT2D eigenvalue weighted by atomic mass is 35.5. The number of halogens is 1. The van der Waals surface area contributed by atoms with Gasteiger partial charge in [-0.15, -0.1) is 28.1 Å². The Morgan fingerprint density at radius 3 is 2.84 bits per heavy atom. The summed E-state index contributed by atoms with van der Waals surface area (Å²) >= 11 is 9.49. The molecule has 0 saturated heterocycles. The highest BCUT2D eigenvalue weighted by molar-refractivity contribution is 7.98. The maximum Gasteiger partial charge on any atom is 0.191 e. The lowest BCUT2D eigenvalue weighted by Crippen LogP contribution is -2.07. The van der Waals surface area contributed by atoms with Crippen LogP contribution in [-0.4, -0.2) is 19.7 Å². The molecule has 0 spiro atoms. The molecule has 0 atom stereocenters. The number of hydrogen-bond donors (Lipinski definition) is 0. The molecular weight excluding hydrogens is 448 g/mol. The van der Waals surface area contributed by atoms with E-state index in [1.165, 1.54) is 0 Å². The van der Waals surface area contributed by atoms with Crippen LogP contribution < -0.4 is 4.74 Å². The predicted octanol–water partition coefficient (Wildman–Crippen LogP) is 6.42. The van der Waals surface area contributed by atoms with Crippen LogP contribution in [0.2, 0.25) is 5.02 Å². The quantitative estimate of drug-likeness (QED) is 0.209. The number of benzene rings is 2. The lowest BCUT2D eigenvalue weighted by Gasteiger charge is -2.10. The Bertz CT molecular complexity index is 1170. The van der Waals surface area contributed by atoms with Crippen LogP contribution in [0.3, 0.4) is 0 Å². The van der Waals surface area contributed by atoms with Gasteiger partial charge in [-0.05, 0) is 24.6 Å². The summed E-state index contributed by atoms with van der Waals surface area (Å²) in [6.45, 7) is 6.73. The summed E-state index contributed by atoms with van der Waals surface area (Å²) in [6, 6.07) is 15.9. The smallest absolute Gasteiger partial charge is 0.191 e. The van der Waals surface area contributed by atoms with E-state index in [4.69, 9.17) is 21.3 Å². The fourth-order valence-electron chi connectivity index (χ4n) is 2.93. The van der Waals surface area contributed by atoms with Gasteiger partial charge >= 0.3 is 0 Å². The molecule has 0 bridgehead atoms. The van der Waals surface area contributed by atoms with E-state index in [-0.39, 0.29) is 6.61 Å². The minimum absolute atomic E-state index is 0.277. The number of aryl methyl sites for hydroxylation is 1. The fourth-order valence-corrected chi connectivity index (χ4v) is 4.90. The van der Waals surface area contributed by atoms with Crippen molar-refractivity contribution in [2.24, 2.45) is 0 Å². The first-order valence-corrected chi connectivity index (χ1v) is 11.9. The average molecular weight is 469 g/mol. The summed E-state index contributed by atoms with van der Waals surface area (Å²) in [4.78, 5) is 4.75. The molecule has 0 fully saturated rings. The summed E-state index contributed by atoms with van der Waals surface area (Å²) < 4.78 is 7.92. The van der Waals surface area contributed by atoms with E-state index in [2.05, 4.69) is 34.3 Å². The molecular formula is C23H21ClN4OS2. The molecule has 5 nitrogen and oxygen atoms in total. The van der Waals surface area contributed by atoms with Gasteiger partial charge in [0.25, 0.3) is 0 Å². The van der Waals surface area contributed by atoms with E-state index in [0.717, 1.165) is 32.8 Å². The van der Waals surface area contributed by atoms with Crippen LogP contribution in [0.5, 0.6) is 5.75 Å². The predicted molar refractivity (Wildman–Crippen MR) is 128 cm³/mol. The van der Waals surface area contributed by atoms with Crippen molar-refractivity contribution in [3.63, 3.8) is 0 Å². The highest BCUT2D eigenvalue weighted by Gasteiger charge is 2.14. The standard InChI is InChI=1S/C23H21ClN4OS2/c1-3-11-28-21(13-29-20-12-16(2)9-10-19(20)24)26-27-23(28)31-15-18-14-30-22(25-18)17-7-5-4-6-8-17/h3-10,12,14H,1,11,13,15H2,2H3. The molecule has 4 rings (SSSR count). The molecule has 2 aromatic carbocycles. The van der Waals surface area contributed by atoms with Crippen LogP contribution >= 0.6 is 34.7 Å². The van der Waals surface area contributed by atoms with E-state index in [0.29, 0.717) is 23.1 Å². The van der Waals surface area contributed by atoms with Crippen LogP contribution in [0.4, 0.5) is 0 Å². The third-order valence-corrected chi connectivity index (χ3v) is 6.72. The molecule has 0 aliphatic rings. The lowest BCUT2D eigenvalue weighted by molar-refractivity contribution is 0.289. The van der Waals surface area contributed by atoms with Crippen LogP contribution in [0, 0.1) is 6.92 Å². The highest BCUT2D eigenvalue weighted by Crippen LogP contribution is 2.29. The number of nitrogens with zero attached hydrogens (tertiary/aromatic N) is 4. The molecule has 0 amide bonds. The van der Waals surface area contributed by atoms with Crippen LogP contribution in [0.15, 0.2) is 71.7 Å². The second-order valence-corrected chi connectivity index (χ2v) is 9.03. The van der Waals surface area contributed by atoms with Gasteiger partial charge in [-0.1, -0.05) is 65.8 Å². The van der Waals surface area contributed by atoms with Crippen molar-refractivity contribution < 1.29 is 4.74 Å². The van der Waals surface area contributed by atoms with Gasteiger partial charge in [-0.25, -0.2) is 4.98 Å². The molecule has 31 heavy (non-hydrogen) atoms. The first-order valence-electron chi connectivity index (χ1n) is 9.68. The molecule has 0 unspecified atom stereocenters. The van der Waals surface area contributed by atoms with Gasteiger partial charge in [0.1, 0.15) is 17.4 Å². The Balaban J connectivity index is 1.44. The van der Waals surface area contributed by atoms with E-state index >= 15 is 0 Å². The Hall–Kier alpha value is -2.61. The molecule has 0 aliphatic heterocycles. The van der Waals surface area contributed by atoms with Crippen molar-refractivity contribution in [2.45, 2.75) is 31.0 Å². The van der Waals surface area contributed by atoms with Gasteiger partial charge in [0.05, 0.1) is 10.7 Å². The number of thiazole rings is 1. The summed E-state index contributed by atoms with van der Waals surface area (Å²) in [5.41, 5.74) is 3.24. The van der Waals surface area contributed by atoms with Gasteiger partial charge in [0, 0.05) is 23.2 Å². The molecule has 2 heterocycles. The molecule has 4 aromatic rings. The third-order valence-electron chi connectivity index (χ3n) is 4.47. The summed E-state index contributed by atoms with van der Waals surface area (Å²) in [6.07, 6.45) is 1.83. The average Bonchev–Trinajstić information content (AvgIpc) is 3.41. The van der Waals surface area contributed by atoms with Gasteiger partial charge < -0.3 is 4.74 Å². The number of aromatic nitrogens is 4. The number of ether oxygens (including phenoxy) is 1. The summed E-state index contributed by atoms with van der Waals surface area (Å²) in [5.74, 6) is 2.08. The molecule has 158 valence electrons. The molecule has 0 N–H and O–H groups in total. The van der Waals surface area contributed by atoms with Crippen molar-refractivity contribution in [1.82, 2.24) is 19.7 Å². The van der Waals surface area contributed by atoms with Crippen molar-refractivity contribution in [3.8, 4) is 16.3 Å². The fraction of sp³-hybridized carbons (Fsp3) is 0.174.